The predicted octanol–water partition coefficient (Wildman–Crippen LogP) is 8.26. The summed E-state index contributed by atoms with van der Waals surface area (Å²) in [5, 5.41) is 14.4. The Labute approximate surface area is 397 Å². The number of nitrogens with zero attached hydrogens (tertiary/aromatic N) is 6. The van der Waals surface area contributed by atoms with Crippen LogP contribution in [0.15, 0.2) is 0 Å². The number of carbonyl (C=O) groups is 3. The Balaban J connectivity index is 0.000000251. The first kappa shape index (κ1) is 51.8. The minimum atomic E-state index is -0.446. The van der Waals surface area contributed by atoms with Gasteiger partial charge in [0.05, 0.1) is 18.2 Å². The summed E-state index contributed by atoms with van der Waals surface area (Å²) in [5.41, 5.74) is 5.78. The largest absolute Gasteiger partial charge is 0.444 e. The van der Waals surface area contributed by atoms with Crippen molar-refractivity contribution in [3.05, 3.63) is 0 Å². The molecule has 362 valence electrons. The van der Waals surface area contributed by atoms with Crippen molar-refractivity contribution in [2.45, 2.75) is 224 Å². The average Bonchev–Trinajstić information content (AvgIpc) is 3.57. The molecule has 4 N–H and O–H groups in total. The number of halogens is 1. The molecule has 0 bridgehead atoms. The first-order valence-corrected chi connectivity index (χ1v) is 25.9. The van der Waals surface area contributed by atoms with Crippen molar-refractivity contribution < 1.29 is 25.2 Å². The van der Waals surface area contributed by atoms with Crippen molar-refractivity contribution in [1.82, 2.24) is 35.1 Å². The molecule has 4 amide bonds. The van der Waals surface area contributed by atoms with Crippen LogP contribution >= 0.6 is 22.6 Å². The number of alkyl halides is 1. The van der Waals surface area contributed by atoms with Crippen molar-refractivity contribution in [3.63, 3.8) is 0 Å². The van der Waals surface area contributed by atoms with Gasteiger partial charge in [-0.05, 0) is 137 Å². The Bertz CT molecular complexity index is 1490. The lowest BCUT2D eigenvalue weighted by Gasteiger charge is -2.50. The van der Waals surface area contributed by atoms with Crippen LogP contribution in [0, 0.1) is 11.3 Å². The van der Waals surface area contributed by atoms with E-state index in [1.54, 1.807) is 6.07 Å². The average molecular weight is 999 g/mol. The van der Waals surface area contributed by atoms with E-state index in [2.05, 4.69) is 39.2 Å². The fourth-order valence-electron chi connectivity index (χ4n) is 11.0. The number of fused-ring (bicyclic) bond motifs is 1. The first-order valence-electron chi connectivity index (χ1n) is 25.1. The smallest absolute Gasteiger partial charge is 0.410 e. The lowest BCUT2D eigenvalue weighted by Crippen LogP contribution is -2.59. The summed E-state index contributed by atoms with van der Waals surface area (Å²) in [7, 11) is 0. The van der Waals surface area contributed by atoms with Crippen LogP contribution in [0.25, 0.3) is 0 Å². The second-order valence-electron chi connectivity index (χ2n) is 21.7. The minimum Gasteiger partial charge on any atom is -0.444 e. The first-order chi connectivity index (χ1) is 30.2. The lowest BCUT2D eigenvalue weighted by atomic mass is 9.85. The Morgan fingerprint density at radius 2 is 1.17 bits per heavy atom. The highest BCUT2D eigenvalue weighted by Gasteiger charge is 2.46. The van der Waals surface area contributed by atoms with Gasteiger partial charge in [0, 0.05) is 95.9 Å². The molecular weight excluding hydrogens is 909 g/mol. The van der Waals surface area contributed by atoms with Crippen LogP contribution < -0.4 is 16.4 Å². The summed E-state index contributed by atoms with van der Waals surface area (Å²) in [6.07, 6.45) is 18.0. The number of nitriles is 1. The van der Waals surface area contributed by atoms with Gasteiger partial charge in [-0.25, -0.2) is 14.4 Å². The maximum Gasteiger partial charge on any atom is 0.410 e. The number of carbonyl (C=O) groups excluding carboxylic acids is 3. The topological polar surface area (TPSA) is 160 Å². The van der Waals surface area contributed by atoms with Crippen molar-refractivity contribution in [1.29, 1.82) is 5.26 Å². The molecule has 5 heterocycles. The number of hydrogen-bond acceptors (Lipinski definition) is 10. The van der Waals surface area contributed by atoms with Gasteiger partial charge < -0.3 is 40.5 Å². The number of nitrogens with two attached hydrogens (primary N) is 1. The van der Waals surface area contributed by atoms with E-state index in [9.17, 15) is 14.4 Å². The molecule has 2 aliphatic carbocycles. The van der Waals surface area contributed by atoms with E-state index < -0.39 is 11.2 Å². The lowest BCUT2D eigenvalue weighted by molar-refractivity contribution is -0.0143. The van der Waals surface area contributed by atoms with Gasteiger partial charge in [-0.15, -0.1) is 0 Å². The number of hydrogen-bond donors (Lipinski definition) is 3. The molecule has 5 saturated heterocycles. The molecule has 15 heteroatoms. The van der Waals surface area contributed by atoms with Gasteiger partial charge in [-0.3, -0.25) is 9.80 Å². The Kier molecular flexibility index (Phi) is 19.8. The number of piperidine rings is 4. The molecule has 5 aliphatic heterocycles. The van der Waals surface area contributed by atoms with Crippen LogP contribution in [0.4, 0.5) is 14.4 Å². The molecule has 0 aromatic rings. The molecule has 0 spiro atoms. The number of nitrogens with one attached hydrogen (secondary N) is 2. The SMILES string of the molecule is CC#N.CC(C)(C)OC(=O)N1CCC(C)(N2CCC(N3C(=O)N[C@@H]4CCCC[C@@H]43)CC2)CC1.CC(C)(C)OC(=O)N1CCC(C)(N2CCC(N[C@H]3CCCC[C@H]3N)CC2)CC1.[2H]CI. The molecule has 14 nitrogen and oxygen atoms in total. The number of ether oxygens (including phenoxy) is 2. The molecular formula is C48H88IN9O5. The summed E-state index contributed by atoms with van der Waals surface area (Å²) >= 11 is 1.96. The fraction of sp³-hybridized carbons (Fsp3) is 0.917. The second-order valence-corrected chi connectivity index (χ2v) is 21.7. The van der Waals surface area contributed by atoms with Gasteiger partial charge in [0.2, 0.25) is 0 Å². The van der Waals surface area contributed by atoms with Gasteiger partial charge in [-0.2, -0.15) is 5.26 Å². The summed E-state index contributed by atoms with van der Waals surface area (Å²) in [6.45, 7) is 25.1. The van der Waals surface area contributed by atoms with E-state index in [0.29, 0.717) is 41.2 Å². The van der Waals surface area contributed by atoms with Gasteiger partial charge in [0.25, 0.3) is 0 Å². The maximum atomic E-state index is 12.6. The molecule has 0 radical (unpaired) electrons. The maximum absolute atomic E-state index is 12.6. The fourth-order valence-corrected chi connectivity index (χ4v) is 11.0. The Morgan fingerprint density at radius 3 is 1.62 bits per heavy atom. The standard InChI is InChI=1S/C23H40N4O3.C22H42N4O2.C2H3N.CH3I/c1-22(2,3)30-21(29)25-15-11-23(4,12-16-25)26-13-9-17(10-14-26)27-19-8-6-5-7-18(19)24-20(27)28;1-21(2,3)28-20(27)25-15-11-22(4,12-16-25)26-13-9-17(10-14-26)24-19-8-6-5-7-18(19)23;1-2-3;1-2/h17-19H,5-16H2,1-4H3,(H,24,28);17-19,24H,5-16,23H2,1-4H3;1H3;1H3/t2*18-,19+;;/m11../s1/i;;;1D. The monoisotopic (exact) mass is 999 g/mol. The predicted molar refractivity (Wildman–Crippen MR) is 261 cm³/mol. The molecule has 0 aromatic carbocycles. The molecule has 7 rings (SSSR count). The highest BCUT2D eigenvalue weighted by atomic mass is 127. The number of urea groups is 1. The van der Waals surface area contributed by atoms with E-state index in [-0.39, 0.29) is 29.3 Å². The van der Waals surface area contributed by atoms with Gasteiger partial charge in [0.15, 0.2) is 0 Å². The molecule has 0 aromatic heterocycles. The van der Waals surface area contributed by atoms with Crippen molar-refractivity contribution in [3.8, 4) is 6.07 Å². The second kappa shape index (κ2) is 24.1. The summed E-state index contributed by atoms with van der Waals surface area (Å²) in [6, 6.07) is 4.53. The van der Waals surface area contributed by atoms with Crippen LogP contribution in [-0.2, 0) is 9.47 Å². The molecule has 2 saturated carbocycles. The zero-order valence-electron chi connectivity index (χ0n) is 41.8. The molecule has 0 unspecified atom stereocenters. The van der Waals surface area contributed by atoms with Crippen LogP contribution in [0.1, 0.15) is 166 Å². The Morgan fingerprint density at radius 1 is 0.762 bits per heavy atom. The number of amides is 4. The molecule has 7 aliphatic rings. The number of likely N-dealkylation sites (tertiary alicyclic amines) is 4. The van der Waals surface area contributed by atoms with Crippen LogP contribution in [0.2, 0.25) is 0 Å². The zero-order valence-corrected chi connectivity index (χ0v) is 43.0. The quantitative estimate of drug-likeness (QED) is 0.181. The zero-order chi connectivity index (χ0) is 47.3. The summed E-state index contributed by atoms with van der Waals surface area (Å²) < 4.78 is 17.3. The van der Waals surface area contributed by atoms with Crippen molar-refractivity contribution in [2.24, 2.45) is 5.73 Å². The molecule has 7 fully saturated rings. The van der Waals surface area contributed by atoms with Crippen LogP contribution in [0.5, 0.6) is 0 Å². The van der Waals surface area contributed by atoms with Gasteiger partial charge >= 0.3 is 18.2 Å². The number of rotatable bonds is 5. The van der Waals surface area contributed by atoms with E-state index in [4.69, 9.17) is 21.8 Å². The van der Waals surface area contributed by atoms with Crippen LogP contribution in [-0.4, -0.2) is 159 Å². The highest BCUT2D eigenvalue weighted by molar-refractivity contribution is 14.1. The van der Waals surface area contributed by atoms with Crippen molar-refractivity contribution in [2.75, 3.05) is 57.3 Å². The molecule has 4 atom stereocenters. The van der Waals surface area contributed by atoms with E-state index >= 15 is 0 Å². The van der Waals surface area contributed by atoms with Gasteiger partial charge in [-0.1, -0.05) is 48.3 Å². The summed E-state index contributed by atoms with van der Waals surface area (Å²) in [4.78, 5) is 49.0. The van der Waals surface area contributed by atoms with E-state index in [0.717, 1.165) is 104 Å². The highest BCUT2D eigenvalue weighted by Crippen LogP contribution is 2.37. The summed E-state index contributed by atoms with van der Waals surface area (Å²) in [5.74, 6) is 0. The third-order valence-electron chi connectivity index (χ3n) is 14.8. The van der Waals surface area contributed by atoms with Gasteiger partial charge in [0.1, 0.15) is 11.2 Å². The van der Waals surface area contributed by atoms with E-state index in [1.807, 2.05) is 73.9 Å². The van der Waals surface area contributed by atoms with E-state index in [1.165, 1.54) is 58.3 Å². The third kappa shape index (κ3) is 15.5. The normalized spacial score (nSPS) is 28.5. The molecule has 63 heavy (non-hydrogen) atoms. The minimum absolute atomic E-state index is 0.129. The van der Waals surface area contributed by atoms with Crippen molar-refractivity contribution >= 4 is 40.8 Å². The van der Waals surface area contributed by atoms with Crippen LogP contribution in [0.3, 0.4) is 0 Å². The third-order valence-corrected chi connectivity index (χ3v) is 14.8. The Hall–Kier alpha value is -2.13.